The second-order valence-corrected chi connectivity index (χ2v) is 5.23. The van der Waals surface area contributed by atoms with Crippen molar-refractivity contribution in [3.63, 3.8) is 0 Å². The average molecular weight is 355 g/mol. The van der Waals surface area contributed by atoms with Crippen LogP contribution in [0.2, 0.25) is 0 Å². The number of anilines is 1. The van der Waals surface area contributed by atoms with E-state index in [1.807, 2.05) is 0 Å². The van der Waals surface area contributed by atoms with Crippen LogP contribution in [0.15, 0.2) is 30.3 Å². The molecule has 0 aliphatic carbocycles. The third kappa shape index (κ3) is 3.96. The second-order valence-electron chi connectivity index (χ2n) is 5.23. The molecule has 0 atom stereocenters. The molecule has 0 aliphatic heterocycles. The minimum absolute atomic E-state index is 0.0852. The van der Waals surface area contributed by atoms with Crippen molar-refractivity contribution in [2.75, 3.05) is 19.5 Å². The minimum Gasteiger partial charge on any atom is -0.504 e. The van der Waals surface area contributed by atoms with Crippen molar-refractivity contribution in [2.45, 2.75) is 13.1 Å². The molecule has 25 heavy (non-hydrogen) atoms. The van der Waals surface area contributed by atoms with Crippen LogP contribution in [0.1, 0.15) is 21.5 Å². The predicted octanol–water partition coefficient (Wildman–Crippen LogP) is 3.99. The van der Waals surface area contributed by atoms with Crippen molar-refractivity contribution in [2.24, 2.45) is 0 Å². The predicted molar refractivity (Wildman–Crippen MR) is 85.3 cm³/mol. The van der Waals surface area contributed by atoms with E-state index in [0.29, 0.717) is 5.56 Å². The van der Waals surface area contributed by atoms with Crippen molar-refractivity contribution >= 4 is 11.6 Å². The maximum Gasteiger partial charge on any atom is 0.420 e. The Hall–Kier alpha value is -2.90. The third-order valence-corrected chi connectivity index (χ3v) is 3.45. The van der Waals surface area contributed by atoms with Gasteiger partial charge in [-0.25, -0.2) is 0 Å². The topological polar surface area (TPSA) is 67.8 Å². The van der Waals surface area contributed by atoms with Gasteiger partial charge in [0, 0.05) is 5.69 Å². The summed E-state index contributed by atoms with van der Waals surface area (Å²) in [5, 5.41) is 12.4. The Labute approximate surface area is 142 Å². The average Bonchev–Trinajstić information content (AvgIpc) is 2.55. The fraction of sp³-hybridized carbons (Fsp3) is 0.235. The monoisotopic (exact) mass is 355 g/mol. The normalized spacial score (nSPS) is 11.1. The molecule has 0 unspecified atom stereocenters. The number of rotatable bonds is 4. The minimum atomic E-state index is -4.64. The number of ether oxygens (including phenoxy) is 2. The van der Waals surface area contributed by atoms with E-state index < -0.39 is 23.4 Å². The number of aromatic hydroxyl groups is 1. The van der Waals surface area contributed by atoms with E-state index in [1.165, 1.54) is 25.3 Å². The molecule has 0 bridgehead atoms. The van der Waals surface area contributed by atoms with Crippen LogP contribution in [0.5, 0.6) is 17.2 Å². The number of benzene rings is 2. The molecule has 134 valence electrons. The molecule has 0 saturated heterocycles. The van der Waals surface area contributed by atoms with Crippen LogP contribution in [0, 0.1) is 6.92 Å². The zero-order chi connectivity index (χ0) is 18.8. The maximum absolute atomic E-state index is 13.0. The van der Waals surface area contributed by atoms with Gasteiger partial charge in [0.2, 0.25) is 0 Å². The zero-order valence-corrected chi connectivity index (χ0v) is 13.7. The summed E-state index contributed by atoms with van der Waals surface area (Å²) >= 11 is 0. The number of nitrogens with one attached hydrogen (secondary N) is 1. The van der Waals surface area contributed by atoms with Crippen LogP contribution in [0.25, 0.3) is 0 Å². The molecule has 0 heterocycles. The number of hydrogen-bond acceptors (Lipinski definition) is 4. The molecule has 8 heteroatoms. The number of aryl methyl sites for hydroxylation is 1. The molecule has 0 spiro atoms. The summed E-state index contributed by atoms with van der Waals surface area (Å²) in [5.74, 6) is -1.42. The SMILES string of the molecule is COc1ccc(NC(=O)c2cc(C)cc(OC)c2O)cc1C(F)(F)F. The van der Waals surface area contributed by atoms with Crippen molar-refractivity contribution in [1.82, 2.24) is 0 Å². The molecule has 2 rings (SSSR count). The number of phenolic OH excluding ortho intramolecular Hbond substituents is 1. The van der Waals surface area contributed by atoms with E-state index in [4.69, 9.17) is 9.47 Å². The van der Waals surface area contributed by atoms with Crippen LogP contribution >= 0.6 is 0 Å². The van der Waals surface area contributed by atoms with Gasteiger partial charge in [-0.2, -0.15) is 13.2 Å². The Morgan fingerprint density at radius 2 is 1.72 bits per heavy atom. The van der Waals surface area contributed by atoms with Gasteiger partial charge in [-0.05, 0) is 42.8 Å². The first kappa shape index (κ1) is 18.4. The van der Waals surface area contributed by atoms with Crippen LogP contribution in [0.4, 0.5) is 18.9 Å². The molecule has 2 aromatic rings. The van der Waals surface area contributed by atoms with E-state index in [-0.39, 0.29) is 22.7 Å². The Morgan fingerprint density at radius 3 is 2.28 bits per heavy atom. The van der Waals surface area contributed by atoms with E-state index in [1.54, 1.807) is 6.92 Å². The number of amides is 1. The van der Waals surface area contributed by atoms with Crippen molar-refractivity contribution in [3.05, 3.63) is 47.0 Å². The lowest BCUT2D eigenvalue weighted by molar-refractivity contribution is -0.138. The molecule has 0 aliphatic rings. The maximum atomic E-state index is 13.0. The van der Waals surface area contributed by atoms with Gasteiger partial charge < -0.3 is 19.9 Å². The summed E-state index contributed by atoms with van der Waals surface area (Å²) < 4.78 is 48.8. The second kappa shape index (κ2) is 6.92. The fourth-order valence-electron chi connectivity index (χ4n) is 2.28. The lowest BCUT2D eigenvalue weighted by atomic mass is 10.1. The van der Waals surface area contributed by atoms with E-state index in [9.17, 15) is 23.1 Å². The fourth-order valence-corrected chi connectivity index (χ4v) is 2.28. The van der Waals surface area contributed by atoms with Crippen LogP contribution in [-0.2, 0) is 6.18 Å². The van der Waals surface area contributed by atoms with Gasteiger partial charge in [0.15, 0.2) is 11.5 Å². The zero-order valence-electron chi connectivity index (χ0n) is 13.7. The van der Waals surface area contributed by atoms with Gasteiger partial charge in [0.1, 0.15) is 5.75 Å². The van der Waals surface area contributed by atoms with E-state index in [2.05, 4.69) is 5.32 Å². The highest BCUT2D eigenvalue weighted by atomic mass is 19.4. The van der Waals surface area contributed by atoms with Crippen LogP contribution < -0.4 is 14.8 Å². The number of halogens is 3. The number of methoxy groups -OCH3 is 2. The summed E-state index contributed by atoms with van der Waals surface area (Å²) in [7, 11) is 2.45. The first-order valence-electron chi connectivity index (χ1n) is 7.11. The number of alkyl halides is 3. The molecular weight excluding hydrogens is 339 g/mol. The van der Waals surface area contributed by atoms with Crippen molar-refractivity contribution < 1.29 is 32.5 Å². The highest BCUT2D eigenvalue weighted by molar-refractivity contribution is 6.06. The lowest BCUT2D eigenvalue weighted by Gasteiger charge is -2.15. The lowest BCUT2D eigenvalue weighted by Crippen LogP contribution is -2.14. The van der Waals surface area contributed by atoms with E-state index in [0.717, 1.165) is 19.2 Å². The van der Waals surface area contributed by atoms with Gasteiger partial charge in [0.05, 0.1) is 25.3 Å². The van der Waals surface area contributed by atoms with Gasteiger partial charge in [-0.15, -0.1) is 0 Å². The Balaban J connectivity index is 2.38. The number of phenols is 1. The van der Waals surface area contributed by atoms with Crippen LogP contribution in [0.3, 0.4) is 0 Å². The molecule has 0 saturated carbocycles. The van der Waals surface area contributed by atoms with Crippen molar-refractivity contribution in [3.8, 4) is 17.2 Å². The van der Waals surface area contributed by atoms with Gasteiger partial charge in [-0.3, -0.25) is 4.79 Å². The highest BCUT2D eigenvalue weighted by Gasteiger charge is 2.34. The van der Waals surface area contributed by atoms with Gasteiger partial charge >= 0.3 is 6.18 Å². The Bertz CT molecular complexity index is 803. The summed E-state index contributed by atoms with van der Waals surface area (Å²) in [6, 6.07) is 6.08. The molecular formula is C17H16F3NO4. The highest BCUT2D eigenvalue weighted by Crippen LogP contribution is 2.38. The number of carbonyl (C=O) groups is 1. The molecule has 5 nitrogen and oxygen atoms in total. The third-order valence-electron chi connectivity index (χ3n) is 3.45. The Morgan fingerprint density at radius 1 is 1.08 bits per heavy atom. The first-order valence-corrected chi connectivity index (χ1v) is 7.11. The molecule has 1 amide bonds. The van der Waals surface area contributed by atoms with E-state index >= 15 is 0 Å². The summed E-state index contributed by atoms with van der Waals surface area (Å²) in [6.45, 7) is 1.69. The number of carbonyl (C=O) groups excluding carboxylic acids is 1. The summed E-state index contributed by atoms with van der Waals surface area (Å²) in [6.07, 6.45) is -4.64. The smallest absolute Gasteiger partial charge is 0.420 e. The summed E-state index contributed by atoms with van der Waals surface area (Å²) in [4.78, 5) is 12.3. The van der Waals surface area contributed by atoms with Crippen molar-refractivity contribution in [1.29, 1.82) is 0 Å². The van der Waals surface area contributed by atoms with Gasteiger partial charge in [-0.1, -0.05) is 0 Å². The molecule has 0 radical (unpaired) electrons. The molecule has 2 N–H and O–H groups in total. The Kier molecular flexibility index (Phi) is 5.10. The quantitative estimate of drug-likeness (QED) is 0.870. The van der Waals surface area contributed by atoms with Crippen LogP contribution in [-0.4, -0.2) is 25.2 Å². The standard InChI is InChI=1S/C17H16F3NO4/c1-9-6-11(15(22)14(7-9)25-3)16(23)21-10-4-5-13(24-2)12(8-10)17(18,19)20/h4-8,22H,1-3H3,(H,21,23). The largest absolute Gasteiger partial charge is 0.504 e. The van der Waals surface area contributed by atoms with Gasteiger partial charge in [0.25, 0.3) is 5.91 Å². The first-order chi connectivity index (χ1) is 11.7. The molecule has 2 aromatic carbocycles. The summed E-state index contributed by atoms with van der Waals surface area (Å²) in [5.41, 5.74) is -0.566. The molecule has 0 aromatic heterocycles. The molecule has 0 fully saturated rings. The number of hydrogen-bond donors (Lipinski definition) is 2.